The predicted molar refractivity (Wildman–Crippen MR) is 51.2 cm³/mol. The fourth-order valence-electron chi connectivity index (χ4n) is 0.761. The Morgan fingerprint density at radius 2 is 2.08 bits per heavy atom. The second kappa shape index (κ2) is 4.41. The van der Waals surface area contributed by atoms with Crippen LogP contribution in [0.4, 0.5) is 0 Å². The van der Waals surface area contributed by atoms with Gasteiger partial charge in [0, 0.05) is 5.33 Å². The second-order valence-corrected chi connectivity index (χ2v) is 3.74. The molecule has 0 radical (unpaired) electrons. The number of alkyl halides is 1. The standard InChI is InChI=1S/C7H8Br2O3/c8-3-4(10)7(11)5-1-2-6(9)12-5/h1-2,4,7,10-11H,3H2. The van der Waals surface area contributed by atoms with Crippen LogP contribution in [-0.4, -0.2) is 21.6 Å². The summed E-state index contributed by atoms with van der Waals surface area (Å²) >= 11 is 6.16. The molecule has 12 heavy (non-hydrogen) atoms. The fourth-order valence-corrected chi connectivity index (χ4v) is 1.43. The summed E-state index contributed by atoms with van der Waals surface area (Å²) in [5, 5.41) is 18.9. The molecule has 0 bridgehead atoms. The molecule has 2 N–H and O–H groups in total. The molecule has 0 aliphatic heterocycles. The first-order chi connectivity index (χ1) is 5.65. The van der Waals surface area contributed by atoms with Gasteiger partial charge in [0.1, 0.15) is 11.9 Å². The first-order valence-corrected chi connectivity index (χ1v) is 5.24. The van der Waals surface area contributed by atoms with E-state index in [1.54, 1.807) is 12.1 Å². The molecule has 0 aliphatic rings. The lowest BCUT2D eigenvalue weighted by Crippen LogP contribution is -2.18. The van der Waals surface area contributed by atoms with Crippen molar-refractivity contribution in [2.75, 3.05) is 5.33 Å². The van der Waals surface area contributed by atoms with Crippen LogP contribution in [0.3, 0.4) is 0 Å². The molecule has 1 heterocycles. The van der Waals surface area contributed by atoms with Crippen molar-refractivity contribution in [3.05, 3.63) is 22.6 Å². The molecule has 1 aromatic rings. The highest BCUT2D eigenvalue weighted by Crippen LogP contribution is 2.23. The minimum absolute atomic E-state index is 0.312. The number of hydrogen-bond donors (Lipinski definition) is 2. The lowest BCUT2D eigenvalue weighted by atomic mass is 10.2. The highest BCUT2D eigenvalue weighted by atomic mass is 79.9. The van der Waals surface area contributed by atoms with Crippen molar-refractivity contribution in [1.82, 2.24) is 0 Å². The van der Waals surface area contributed by atoms with Crippen LogP contribution in [0.15, 0.2) is 21.2 Å². The van der Waals surface area contributed by atoms with Gasteiger partial charge in [-0.2, -0.15) is 0 Å². The highest BCUT2D eigenvalue weighted by Gasteiger charge is 2.19. The number of aliphatic hydroxyl groups excluding tert-OH is 2. The number of aliphatic hydroxyl groups is 2. The van der Waals surface area contributed by atoms with E-state index in [1.165, 1.54) is 0 Å². The number of halogens is 2. The van der Waals surface area contributed by atoms with Gasteiger partial charge in [-0.1, -0.05) is 15.9 Å². The molecule has 68 valence electrons. The number of rotatable bonds is 3. The Labute approximate surface area is 86.6 Å². The van der Waals surface area contributed by atoms with Gasteiger partial charge in [0.15, 0.2) is 4.67 Å². The molecule has 5 heteroatoms. The van der Waals surface area contributed by atoms with E-state index in [4.69, 9.17) is 4.42 Å². The lowest BCUT2D eigenvalue weighted by molar-refractivity contribution is 0.0199. The molecule has 1 aromatic heterocycles. The minimum atomic E-state index is -0.976. The van der Waals surface area contributed by atoms with Crippen molar-refractivity contribution in [2.45, 2.75) is 12.2 Å². The summed E-state index contributed by atoms with van der Waals surface area (Å²) in [5.41, 5.74) is 0. The highest BCUT2D eigenvalue weighted by molar-refractivity contribution is 9.10. The summed E-state index contributed by atoms with van der Waals surface area (Å²) < 4.78 is 5.59. The Hall–Kier alpha value is 0.160. The van der Waals surface area contributed by atoms with Crippen LogP contribution in [0.1, 0.15) is 11.9 Å². The van der Waals surface area contributed by atoms with Gasteiger partial charge in [-0.3, -0.25) is 0 Å². The molecular weight excluding hydrogens is 292 g/mol. The van der Waals surface area contributed by atoms with Crippen molar-refractivity contribution in [1.29, 1.82) is 0 Å². The smallest absolute Gasteiger partial charge is 0.169 e. The zero-order valence-electron chi connectivity index (χ0n) is 6.08. The van der Waals surface area contributed by atoms with E-state index in [0.29, 0.717) is 15.8 Å². The largest absolute Gasteiger partial charge is 0.451 e. The van der Waals surface area contributed by atoms with E-state index in [2.05, 4.69) is 31.9 Å². The van der Waals surface area contributed by atoms with Gasteiger partial charge < -0.3 is 14.6 Å². The van der Waals surface area contributed by atoms with Crippen LogP contribution in [0, 0.1) is 0 Å². The van der Waals surface area contributed by atoms with Crippen LogP contribution >= 0.6 is 31.9 Å². The van der Waals surface area contributed by atoms with Crippen molar-refractivity contribution in [3.63, 3.8) is 0 Å². The van der Waals surface area contributed by atoms with Gasteiger partial charge in [0.25, 0.3) is 0 Å². The Bertz CT molecular complexity index is 249. The summed E-state index contributed by atoms with van der Waals surface area (Å²) in [6.07, 6.45) is -1.82. The summed E-state index contributed by atoms with van der Waals surface area (Å²) in [4.78, 5) is 0. The Morgan fingerprint density at radius 3 is 2.50 bits per heavy atom. The predicted octanol–water partition coefficient (Wildman–Crippen LogP) is 1.83. The third-order valence-electron chi connectivity index (χ3n) is 1.41. The van der Waals surface area contributed by atoms with E-state index in [9.17, 15) is 10.2 Å². The Balaban J connectivity index is 2.70. The topological polar surface area (TPSA) is 53.6 Å². The minimum Gasteiger partial charge on any atom is -0.451 e. The van der Waals surface area contributed by atoms with E-state index in [1.807, 2.05) is 0 Å². The quantitative estimate of drug-likeness (QED) is 0.837. The SMILES string of the molecule is OC(CBr)C(O)c1ccc(Br)o1. The zero-order valence-corrected chi connectivity index (χ0v) is 9.25. The molecule has 0 saturated heterocycles. The molecular formula is C7H8Br2O3. The van der Waals surface area contributed by atoms with Crippen molar-refractivity contribution in [2.24, 2.45) is 0 Å². The molecule has 0 saturated carbocycles. The van der Waals surface area contributed by atoms with Gasteiger partial charge in [-0.05, 0) is 28.1 Å². The average Bonchev–Trinajstić information content (AvgIpc) is 2.49. The summed E-state index contributed by atoms with van der Waals surface area (Å²) in [5.74, 6) is 0.355. The van der Waals surface area contributed by atoms with E-state index < -0.39 is 12.2 Å². The van der Waals surface area contributed by atoms with Gasteiger partial charge in [0.05, 0.1) is 6.10 Å². The number of furan rings is 1. The molecule has 2 unspecified atom stereocenters. The third-order valence-corrected chi connectivity index (χ3v) is 2.50. The molecule has 0 aromatic carbocycles. The van der Waals surface area contributed by atoms with Crippen molar-refractivity contribution >= 4 is 31.9 Å². The van der Waals surface area contributed by atoms with Crippen molar-refractivity contribution in [3.8, 4) is 0 Å². The molecule has 0 fully saturated rings. The fraction of sp³-hybridized carbons (Fsp3) is 0.429. The maximum absolute atomic E-state index is 9.41. The summed E-state index contributed by atoms with van der Waals surface area (Å²) in [6, 6.07) is 3.28. The zero-order chi connectivity index (χ0) is 9.14. The molecule has 2 atom stereocenters. The number of hydrogen-bond acceptors (Lipinski definition) is 3. The third kappa shape index (κ3) is 2.32. The van der Waals surface area contributed by atoms with Crippen LogP contribution in [-0.2, 0) is 0 Å². The lowest BCUT2D eigenvalue weighted by Gasteiger charge is -2.12. The van der Waals surface area contributed by atoms with E-state index in [0.717, 1.165) is 0 Å². The maximum Gasteiger partial charge on any atom is 0.169 e. The maximum atomic E-state index is 9.41. The Kier molecular flexibility index (Phi) is 3.77. The van der Waals surface area contributed by atoms with Gasteiger partial charge in [-0.25, -0.2) is 0 Å². The first-order valence-electron chi connectivity index (χ1n) is 3.32. The molecule has 0 amide bonds. The van der Waals surface area contributed by atoms with Crippen LogP contribution in [0.25, 0.3) is 0 Å². The molecule has 3 nitrogen and oxygen atoms in total. The monoisotopic (exact) mass is 298 g/mol. The Morgan fingerprint density at radius 1 is 1.42 bits per heavy atom. The summed E-state index contributed by atoms with van der Waals surface area (Å²) in [7, 11) is 0. The molecule has 1 rings (SSSR count). The van der Waals surface area contributed by atoms with E-state index in [-0.39, 0.29) is 0 Å². The second-order valence-electron chi connectivity index (χ2n) is 2.31. The van der Waals surface area contributed by atoms with E-state index >= 15 is 0 Å². The van der Waals surface area contributed by atoms with Crippen molar-refractivity contribution < 1.29 is 14.6 Å². The van der Waals surface area contributed by atoms with Gasteiger partial charge in [-0.15, -0.1) is 0 Å². The summed E-state index contributed by atoms with van der Waals surface area (Å²) in [6.45, 7) is 0. The van der Waals surface area contributed by atoms with Crippen LogP contribution < -0.4 is 0 Å². The van der Waals surface area contributed by atoms with Gasteiger partial charge in [0.2, 0.25) is 0 Å². The first kappa shape index (κ1) is 10.2. The average molecular weight is 300 g/mol. The van der Waals surface area contributed by atoms with Gasteiger partial charge >= 0.3 is 0 Å². The van der Waals surface area contributed by atoms with Crippen LogP contribution in [0.5, 0.6) is 0 Å². The normalized spacial score (nSPS) is 16.0. The van der Waals surface area contributed by atoms with Crippen LogP contribution in [0.2, 0.25) is 0 Å². The molecule has 0 spiro atoms. The molecule has 0 aliphatic carbocycles.